The normalized spacial score (nSPS) is 15.4. The molecule has 3 aromatic rings. The maximum Gasteiger partial charge on any atom is 0.246 e. The number of carbonyl (C=O) groups excluding carboxylic acids is 1. The Balaban J connectivity index is 1.42. The summed E-state index contributed by atoms with van der Waals surface area (Å²) in [5, 5.41) is 1.06. The number of amides is 1. The third kappa shape index (κ3) is 4.58. The fourth-order valence-electron chi connectivity index (χ4n) is 4.47. The van der Waals surface area contributed by atoms with Crippen LogP contribution in [0, 0.1) is 13.8 Å². The fraction of sp³-hybridized carbons (Fsp3) is 0.370. The summed E-state index contributed by atoms with van der Waals surface area (Å²) in [6, 6.07) is 12.6. The molecule has 2 heterocycles. The number of benzene rings is 2. The van der Waals surface area contributed by atoms with Gasteiger partial charge in [0, 0.05) is 55.3 Å². The van der Waals surface area contributed by atoms with E-state index in [1.807, 2.05) is 25.7 Å². The van der Waals surface area contributed by atoms with Crippen molar-refractivity contribution in [3.05, 3.63) is 71.0 Å². The van der Waals surface area contributed by atoms with Crippen LogP contribution in [0.2, 0.25) is 0 Å². The standard InChI is InChI=1S/C27H32N2O3/c1-19(23-17-24-20(2)18-32-27(24)21(3)26(23)31-4)16-25(30)29-14-12-28(13-15-29)11-10-22-8-6-5-7-9-22/h5-9,16-18H,10-15H2,1-4H3/b19-16+. The highest BCUT2D eigenvalue weighted by Gasteiger charge is 2.21. The summed E-state index contributed by atoms with van der Waals surface area (Å²) in [6.07, 6.45) is 4.56. The zero-order valence-electron chi connectivity index (χ0n) is 19.5. The van der Waals surface area contributed by atoms with Gasteiger partial charge in [-0.3, -0.25) is 9.69 Å². The molecule has 0 N–H and O–H groups in total. The minimum Gasteiger partial charge on any atom is -0.496 e. The Kier molecular flexibility index (Phi) is 6.66. The Labute approximate surface area is 190 Å². The highest BCUT2D eigenvalue weighted by atomic mass is 16.5. The zero-order chi connectivity index (χ0) is 22.7. The molecule has 168 valence electrons. The zero-order valence-corrected chi connectivity index (χ0v) is 19.5. The summed E-state index contributed by atoms with van der Waals surface area (Å²) >= 11 is 0. The Hall–Kier alpha value is -3.05. The molecule has 0 bridgehead atoms. The number of piperazine rings is 1. The molecule has 5 heteroatoms. The molecule has 32 heavy (non-hydrogen) atoms. The van der Waals surface area contributed by atoms with E-state index >= 15 is 0 Å². The lowest BCUT2D eigenvalue weighted by atomic mass is 9.98. The summed E-state index contributed by atoms with van der Waals surface area (Å²) < 4.78 is 11.4. The second-order valence-corrected chi connectivity index (χ2v) is 8.61. The summed E-state index contributed by atoms with van der Waals surface area (Å²) in [7, 11) is 1.66. The minimum absolute atomic E-state index is 0.0638. The van der Waals surface area contributed by atoms with Crippen molar-refractivity contribution in [3.63, 3.8) is 0 Å². The van der Waals surface area contributed by atoms with Gasteiger partial charge in [0.25, 0.3) is 0 Å². The van der Waals surface area contributed by atoms with Crippen molar-refractivity contribution in [2.24, 2.45) is 0 Å². The molecule has 0 unspecified atom stereocenters. The molecule has 5 nitrogen and oxygen atoms in total. The highest BCUT2D eigenvalue weighted by Crippen LogP contribution is 2.37. The number of furan rings is 1. The second kappa shape index (κ2) is 9.61. The predicted molar refractivity (Wildman–Crippen MR) is 129 cm³/mol. The van der Waals surface area contributed by atoms with Gasteiger partial charge in [0.15, 0.2) is 0 Å². The van der Waals surface area contributed by atoms with E-state index in [2.05, 4.69) is 41.3 Å². The molecule has 0 atom stereocenters. The molecule has 1 amide bonds. The lowest BCUT2D eigenvalue weighted by molar-refractivity contribution is -0.127. The van der Waals surface area contributed by atoms with Crippen LogP contribution in [0.5, 0.6) is 5.75 Å². The van der Waals surface area contributed by atoms with Crippen LogP contribution >= 0.6 is 0 Å². The van der Waals surface area contributed by atoms with Crippen LogP contribution in [0.4, 0.5) is 0 Å². The number of hydrogen-bond donors (Lipinski definition) is 0. The van der Waals surface area contributed by atoms with Crippen LogP contribution < -0.4 is 4.74 Å². The van der Waals surface area contributed by atoms with E-state index in [1.165, 1.54) is 5.56 Å². The lowest BCUT2D eigenvalue weighted by Crippen LogP contribution is -2.48. The molecule has 1 aliphatic heterocycles. The summed E-state index contributed by atoms with van der Waals surface area (Å²) in [6.45, 7) is 10.4. The van der Waals surface area contributed by atoms with Gasteiger partial charge in [0.1, 0.15) is 11.3 Å². The molecule has 0 saturated carbocycles. The minimum atomic E-state index is 0.0638. The second-order valence-electron chi connectivity index (χ2n) is 8.61. The van der Waals surface area contributed by atoms with Gasteiger partial charge < -0.3 is 14.1 Å². The molecule has 0 aliphatic carbocycles. The maximum atomic E-state index is 13.0. The van der Waals surface area contributed by atoms with Gasteiger partial charge in [-0.2, -0.15) is 0 Å². The van der Waals surface area contributed by atoms with Gasteiger partial charge in [-0.25, -0.2) is 0 Å². The maximum absolute atomic E-state index is 13.0. The number of rotatable bonds is 6. The Morgan fingerprint density at radius 2 is 1.84 bits per heavy atom. The van der Waals surface area contributed by atoms with E-state index in [0.717, 1.165) is 78.1 Å². The highest BCUT2D eigenvalue weighted by molar-refractivity contribution is 5.98. The van der Waals surface area contributed by atoms with Crippen LogP contribution in [-0.2, 0) is 11.2 Å². The number of carbonyl (C=O) groups is 1. The fourth-order valence-corrected chi connectivity index (χ4v) is 4.47. The summed E-state index contributed by atoms with van der Waals surface area (Å²) in [4.78, 5) is 17.4. The van der Waals surface area contributed by atoms with E-state index in [9.17, 15) is 4.79 Å². The number of hydrogen-bond acceptors (Lipinski definition) is 4. The van der Waals surface area contributed by atoms with Crippen LogP contribution in [-0.4, -0.2) is 55.5 Å². The molecule has 1 aromatic heterocycles. The lowest BCUT2D eigenvalue weighted by Gasteiger charge is -2.34. The van der Waals surface area contributed by atoms with E-state index < -0.39 is 0 Å². The van der Waals surface area contributed by atoms with E-state index in [0.29, 0.717) is 0 Å². The molecule has 0 radical (unpaired) electrons. The quantitative estimate of drug-likeness (QED) is 0.523. The van der Waals surface area contributed by atoms with Gasteiger partial charge >= 0.3 is 0 Å². The number of fused-ring (bicyclic) bond motifs is 1. The van der Waals surface area contributed by atoms with E-state index in [4.69, 9.17) is 9.15 Å². The predicted octanol–water partition coefficient (Wildman–Crippen LogP) is 4.85. The third-order valence-corrected chi connectivity index (χ3v) is 6.45. The van der Waals surface area contributed by atoms with Crippen molar-refractivity contribution in [3.8, 4) is 5.75 Å². The van der Waals surface area contributed by atoms with Crippen LogP contribution in [0.1, 0.15) is 29.2 Å². The van der Waals surface area contributed by atoms with Gasteiger partial charge in [0.2, 0.25) is 5.91 Å². The van der Waals surface area contributed by atoms with Crippen molar-refractivity contribution in [2.75, 3.05) is 39.8 Å². The first-order chi connectivity index (χ1) is 15.5. The van der Waals surface area contributed by atoms with Gasteiger partial charge in [-0.1, -0.05) is 30.3 Å². The third-order valence-electron chi connectivity index (χ3n) is 6.45. The van der Waals surface area contributed by atoms with Crippen molar-refractivity contribution >= 4 is 22.4 Å². The van der Waals surface area contributed by atoms with Crippen LogP contribution in [0.3, 0.4) is 0 Å². The molecule has 1 aliphatic rings. The number of nitrogens with zero attached hydrogens (tertiary/aromatic N) is 2. The van der Waals surface area contributed by atoms with Gasteiger partial charge in [-0.05, 0) is 50.0 Å². The topological polar surface area (TPSA) is 45.9 Å². The average Bonchev–Trinajstić information content (AvgIpc) is 3.19. The average molecular weight is 433 g/mol. The number of ether oxygens (including phenoxy) is 1. The smallest absolute Gasteiger partial charge is 0.246 e. The molecule has 2 aromatic carbocycles. The Bertz CT molecular complexity index is 1120. The Morgan fingerprint density at radius 1 is 1.12 bits per heavy atom. The molecule has 0 spiro atoms. The van der Waals surface area contributed by atoms with E-state index in [-0.39, 0.29) is 5.91 Å². The Morgan fingerprint density at radius 3 is 2.53 bits per heavy atom. The van der Waals surface area contributed by atoms with E-state index in [1.54, 1.807) is 19.4 Å². The van der Waals surface area contributed by atoms with Crippen molar-refractivity contribution in [1.82, 2.24) is 9.80 Å². The summed E-state index contributed by atoms with van der Waals surface area (Å²) in [5.74, 6) is 0.827. The summed E-state index contributed by atoms with van der Waals surface area (Å²) in [5.41, 5.74) is 6.09. The van der Waals surface area contributed by atoms with Crippen molar-refractivity contribution in [1.29, 1.82) is 0 Å². The SMILES string of the molecule is COc1c(/C(C)=C/C(=O)N2CCN(CCc3ccccc3)CC2)cc2c(C)coc2c1C. The van der Waals surface area contributed by atoms with Crippen LogP contribution in [0.15, 0.2) is 53.2 Å². The number of aryl methyl sites for hydroxylation is 2. The first-order valence-electron chi connectivity index (χ1n) is 11.3. The monoisotopic (exact) mass is 432 g/mol. The molecule has 4 rings (SSSR count). The molecular weight excluding hydrogens is 400 g/mol. The van der Waals surface area contributed by atoms with Gasteiger partial charge in [0.05, 0.1) is 13.4 Å². The molecule has 1 saturated heterocycles. The van der Waals surface area contributed by atoms with Crippen molar-refractivity contribution in [2.45, 2.75) is 27.2 Å². The van der Waals surface area contributed by atoms with Crippen molar-refractivity contribution < 1.29 is 13.9 Å². The first kappa shape index (κ1) is 22.2. The molecule has 1 fully saturated rings. The number of allylic oxidation sites excluding steroid dienone is 1. The largest absolute Gasteiger partial charge is 0.496 e. The number of methoxy groups -OCH3 is 1. The van der Waals surface area contributed by atoms with Crippen LogP contribution in [0.25, 0.3) is 16.5 Å². The van der Waals surface area contributed by atoms with Gasteiger partial charge in [-0.15, -0.1) is 0 Å². The first-order valence-corrected chi connectivity index (χ1v) is 11.3. The molecular formula is C27H32N2O3.